The molecule has 0 saturated carbocycles. The van der Waals surface area contributed by atoms with Crippen LogP contribution in [0.5, 0.6) is 0 Å². The van der Waals surface area contributed by atoms with Gasteiger partial charge in [0.05, 0.1) is 6.54 Å². The Labute approximate surface area is 82.8 Å². The molecule has 0 spiro atoms. The Morgan fingerprint density at radius 1 is 1.57 bits per heavy atom. The predicted molar refractivity (Wildman–Crippen MR) is 48.6 cm³/mol. The Morgan fingerprint density at radius 3 is 2.64 bits per heavy atom. The third-order valence-corrected chi connectivity index (χ3v) is 1.57. The highest BCUT2D eigenvalue weighted by atomic mass is 16.6. The third kappa shape index (κ3) is 3.33. The second kappa shape index (κ2) is 3.96. The van der Waals surface area contributed by atoms with Gasteiger partial charge in [-0.05, 0) is 20.8 Å². The maximum Gasteiger partial charge on any atom is 0.337 e. The van der Waals surface area contributed by atoms with E-state index in [-0.39, 0.29) is 19.1 Å². The Bertz CT molecular complexity index is 234. The standard InChI is InChI=1S/C9H15NO4/c1-9(2,3)14-8(12)6-4-10-7(11)5-13-6/h6H,4-5H2,1-3H3,(H,10,11). The summed E-state index contributed by atoms with van der Waals surface area (Å²) >= 11 is 0. The van der Waals surface area contributed by atoms with Crippen molar-refractivity contribution in [1.29, 1.82) is 0 Å². The quantitative estimate of drug-likeness (QED) is 0.599. The Morgan fingerprint density at radius 2 is 2.21 bits per heavy atom. The van der Waals surface area contributed by atoms with Gasteiger partial charge in [0.25, 0.3) is 0 Å². The molecule has 1 heterocycles. The molecule has 0 aromatic carbocycles. The average Bonchev–Trinajstić information content (AvgIpc) is 2.02. The molecule has 0 aromatic heterocycles. The van der Waals surface area contributed by atoms with Gasteiger partial charge in [-0.25, -0.2) is 4.79 Å². The van der Waals surface area contributed by atoms with Gasteiger partial charge in [0.15, 0.2) is 6.10 Å². The lowest BCUT2D eigenvalue weighted by molar-refractivity contribution is -0.171. The number of ether oxygens (including phenoxy) is 2. The van der Waals surface area contributed by atoms with Gasteiger partial charge in [-0.2, -0.15) is 0 Å². The first-order valence-electron chi connectivity index (χ1n) is 4.49. The van der Waals surface area contributed by atoms with Crippen LogP contribution in [0.4, 0.5) is 0 Å². The van der Waals surface area contributed by atoms with E-state index in [9.17, 15) is 9.59 Å². The van der Waals surface area contributed by atoms with Crippen molar-refractivity contribution in [2.24, 2.45) is 0 Å². The van der Waals surface area contributed by atoms with Crippen LogP contribution in [-0.2, 0) is 19.1 Å². The number of hydrogen-bond donors (Lipinski definition) is 1. The van der Waals surface area contributed by atoms with Crippen molar-refractivity contribution in [2.75, 3.05) is 13.2 Å². The first-order chi connectivity index (χ1) is 6.38. The molecule has 1 rings (SSSR count). The zero-order chi connectivity index (χ0) is 10.8. The van der Waals surface area contributed by atoms with Crippen LogP contribution in [0.15, 0.2) is 0 Å². The highest BCUT2D eigenvalue weighted by Gasteiger charge is 2.29. The number of hydrogen-bond acceptors (Lipinski definition) is 4. The number of morpholine rings is 1. The predicted octanol–water partition coefficient (Wildman–Crippen LogP) is -0.157. The zero-order valence-electron chi connectivity index (χ0n) is 8.62. The number of carbonyl (C=O) groups excluding carboxylic acids is 2. The molecule has 80 valence electrons. The number of nitrogens with one attached hydrogen (secondary N) is 1. The molecule has 1 fully saturated rings. The van der Waals surface area contributed by atoms with E-state index in [1.54, 1.807) is 20.8 Å². The van der Waals surface area contributed by atoms with Crippen molar-refractivity contribution in [2.45, 2.75) is 32.5 Å². The summed E-state index contributed by atoms with van der Waals surface area (Å²) in [5.41, 5.74) is -0.526. The number of amides is 1. The van der Waals surface area contributed by atoms with Gasteiger partial charge >= 0.3 is 5.97 Å². The van der Waals surface area contributed by atoms with E-state index in [2.05, 4.69) is 5.32 Å². The fraction of sp³-hybridized carbons (Fsp3) is 0.778. The number of rotatable bonds is 1. The molecule has 0 aromatic rings. The van der Waals surface area contributed by atoms with Gasteiger partial charge in [0.1, 0.15) is 12.2 Å². The van der Waals surface area contributed by atoms with Crippen molar-refractivity contribution < 1.29 is 19.1 Å². The molecule has 0 radical (unpaired) electrons. The Kier molecular flexibility index (Phi) is 3.10. The summed E-state index contributed by atoms with van der Waals surface area (Å²) in [5.74, 6) is -0.637. The molecule has 1 atom stereocenters. The summed E-state index contributed by atoms with van der Waals surface area (Å²) in [5, 5.41) is 2.53. The third-order valence-electron chi connectivity index (χ3n) is 1.57. The molecule has 1 unspecified atom stereocenters. The minimum Gasteiger partial charge on any atom is -0.458 e. The van der Waals surface area contributed by atoms with Crippen molar-refractivity contribution in [3.05, 3.63) is 0 Å². The van der Waals surface area contributed by atoms with Crippen molar-refractivity contribution in [1.82, 2.24) is 5.32 Å². The second-order valence-electron chi connectivity index (χ2n) is 4.14. The minimum atomic E-state index is -0.674. The molecule has 1 saturated heterocycles. The average molecular weight is 201 g/mol. The van der Waals surface area contributed by atoms with Crippen LogP contribution < -0.4 is 5.32 Å². The maximum atomic E-state index is 11.4. The van der Waals surface area contributed by atoms with Crippen molar-refractivity contribution in [3.8, 4) is 0 Å². The molecule has 1 aliphatic heterocycles. The van der Waals surface area contributed by atoms with Gasteiger partial charge in [0, 0.05) is 0 Å². The smallest absolute Gasteiger partial charge is 0.337 e. The molecule has 5 heteroatoms. The summed E-state index contributed by atoms with van der Waals surface area (Å²) in [6.45, 7) is 5.46. The molecule has 5 nitrogen and oxygen atoms in total. The van der Waals surface area contributed by atoms with Crippen LogP contribution in [0.2, 0.25) is 0 Å². The Balaban J connectivity index is 2.42. The lowest BCUT2D eigenvalue weighted by Gasteiger charge is -2.26. The molecular weight excluding hydrogens is 186 g/mol. The lowest BCUT2D eigenvalue weighted by Crippen LogP contribution is -2.48. The summed E-state index contributed by atoms with van der Waals surface area (Å²) in [6, 6.07) is 0. The van der Waals surface area contributed by atoms with E-state index in [0.29, 0.717) is 0 Å². The van der Waals surface area contributed by atoms with Gasteiger partial charge in [-0.3, -0.25) is 4.79 Å². The molecule has 1 aliphatic rings. The molecule has 1 amide bonds. The maximum absolute atomic E-state index is 11.4. The SMILES string of the molecule is CC(C)(C)OC(=O)C1CNC(=O)CO1. The van der Waals surface area contributed by atoms with Crippen LogP contribution in [0.1, 0.15) is 20.8 Å². The van der Waals surface area contributed by atoms with Gasteiger partial charge < -0.3 is 14.8 Å². The number of carbonyl (C=O) groups is 2. The summed E-state index contributed by atoms with van der Waals surface area (Å²) in [4.78, 5) is 22.2. The second-order valence-corrected chi connectivity index (χ2v) is 4.14. The summed E-state index contributed by atoms with van der Waals surface area (Å²) in [7, 11) is 0. The molecule has 1 N–H and O–H groups in total. The van der Waals surface area contributed by atoms with E-state index in [4.69, 9.17) is 9.47 Å². The summed E-state index contributed by atoms with van der Waals surface area (Å²) in [6.07, 6.45) is -0.674. The van der Waals surface area contributed by atoms with Crippen LogP contribution in [0, 0.1) is 0 Å². The Hall–Kier alpha value is -1.10. The largest absolute Gasteiger partial charge is 0.458 e. The first kappa shape index (κ1) is 11.0. The minimum absolute atomic E-state index is 0.0795. The molecule has 0 aliphatic carbocycles. The highest BCUT2D eigenvalue weighted by Crippen LogP contribution is 2.10. The summed E-state index contributed by atoms with van der Waals surface area (Å²) < 4.78 is 10.1. The normalized spacial score (nSPS) is 22.8. The molecular formula is C9H15NO4. The zero-order valence-corrected chi connectivity index (χ0v) is 8.62. The monoisotopic (exact) mass is 201 g/mol. The fourth-order valence-electron chi connectivity index (χ4n) is 1.01. The van der Waals surface area contributed by atoms with Gasteiger partial charge in [0.2, 0.25) is 5.91 Å². The van der Waals surface area contributed by atoms with E-state index in [1.165, 1.54) is 0 Å². The molecule has 0 bridgehead atoms. The van der Waals surface area contributed by atoms with Gasteiger partial charge in [-0.15, -0.1) is 0 Å². The topological polar surface area (TPSA) is 64.6 Å². The van der Waals surface area contributed by atoms with Gasteiger partial charge in [-0.1, -0.05) is 0 Å². The first-order valence-corrected chi connectivity index (χ1v) is 4.49. The van der Waals surface area contributed by atoms with Crippen molar-refractivity contribution in [3.63, 3.8) is 0 Å². The van der Waals surface area contributed by atoms with E-state index < -0.39 is 17.7 Å². The van der Waals surface area contributed by atoms with Crippen LogP contribution >= 0.6 is 0 Å². The number of esters is 1. The lowest BCUT2D eigenvalue weighted by atomic mass is 10.2. The van der Waals surface area contributed by atoms with Crippen LogP contribution in [0.25, 0.3) is 0 Å². The fourth-order valence-corrected chi connectivity index (χ4v) is 1.01. The van der Waals surface area contributed by atoms with Crippen molar-refractivity contribution >= 4 is 11.9 Å². The van der Waals surface area contributed by atoms with E-state index in [1.807, 2.05) is 0 Å². The van der Waals surface area contributed by atoms with Crippen LogP contribution in [0.3, 0.4) is 0 Å². The van der Waals surface area contributed by atoms with E-state index >= 15 is 0 Å². The molecule has 14 heavy (non-hydrogen) atoms. The highest BCUT2D eigenvalue weighted by molar-refractivity contribution is 5.82. The van der Waals surface area contributed by atoms with Crippen LogP contribution in [-0.4, -0.2) is 36.7 Å². The van der Waals surface area contributed by atoms with E-state index in [0.717, 1.165) is 0 Å².